The van der Waals surface area contributed by atoms with E-state index in [1.54, 1.807) is 18.2 Å². The quantitative estimate of drug-likeness (QED) is 0.866. The van der Waals surface area contributed by atoms with Crippen molar-refractivity contribution >= 4 is 5.91 Å². The highest BCUT2D eigenvalue weighted by molar-refractivity contribution is 5.94. The molecular formula is C13H16F3NO. The molecule has 0 aromatic heterocycles. The number of halogens is 3. The van der Waals surface area contributed by atoms with Crippen molar-refractivity contribution in [2.24, 2.45) is 5.41 Å². The maximum Gasteiger partial charge on any atom is 0.409 e. The zero-order valence-electron chi connectivity index (χ0n) is 10.5. The minimum absolute atomic E-state index is 0.219. The fourth-order valence-electron chi connectivity index (χ4n) is 1.59. The summed E-state index contributed by atoms with van der Waals surface area (Å²) >= 11 is 0. The van der Waals surface area contributed by atoms with Gasteiger partial charge in [0.05, 0.1) is 0 Å². The van der Waals surface area contributed by atoms with E-state index in [9.17, 15) is 18.0 Å². The summed E-state index contributed by atoms with van der Waals surface area (Å²) in [7, 11) is 0. The highest BCUT2D eigenvalue weighted by atomic mass is 19.4. The van der Waals surface area contributed by atoms with Crippen LogP contribution >= 0.6 is 0 Å². The number of carbonyl (C=O) groups excluding carboxylic acids is 1. The molecule has 0 aliphatic rings. The SMILES string of the molecule is CC(C)(C)[C@@H](NC(=O)c1ccccc1)C(F)(F)F. The molecule has 1 aromatic carbocycles. The first-order valence-electron chi connectivity index (χ1n) is 5.55. The van der Waals surface area contributed by atoms with Crippen LogP contribution in [0.1, 0.15) is 31.1 Å². The van der Waals surface area contributed by atoms with E-state index in [2.05, 4.69) is 0 Å². The van der Waals surface area contributed by atoms with Crippen molar-refractivity contribution in [1.82, 2.24) is 5.32 Å². The van der Waals surface area contributed by atoms with Crippen molar-refractivity contribution in [2.45, 2.75) is 33.0 Å². The summed E-state index contributed by atoms with van der Waals surface area (Å²) in [5.41, 5.74) is -0.876. The van der Waals surface area contributed by atoms with Crippen molar-refractivity contribution in [3.05, 3.63) is 35.9 Å². The molecule has 1 atom stereocenters. The lowest BCUT2D eigenvalue weighted by atomic mass is 9.86. The van der Waals surface area contributed by atoms with Crippen molar-refractivity contribution in [3.8, 4) is 0 Å². The van der Waals surface area contributed by atoms with Gasteiger partial charge < -0.3 is 5.32 Å². The molecule has 0 spiro atoms. The monoisotopic (exact) mass is 259 g/mol. The highest BCUT2D eigenvalue weighted by Crippen LogP contribution is 2.33. The standard InChI is InChI=1S/C13H16F3NO/c1-12(2,3)11(13(14,15)16)17-10(18)9-7-5-4-6-8-9/h4-8,11H,1-3H3,(H,17,18)/t11-/m1/s1. The van der Waals surface area contributed by atoms with Gasteiger partial charge >= 0.3 is 6.18 Å². The van der Waals surface area contributed by atoms with Crippen LogP contribution in [-0.2, 0) is 0 Å². The van der Waals surface area contributed by atoms with E-state index in [1.807, 2.05) is 5.32 Å². The third-order valence-electron chi connectivity index (χ3n) is 2.50. The Kier molecular flexibility index (Phi) is 4.04. The molecule has 100 valence electrons. The summed E-state index contributed by atoms with van der Waals surface area (Å²) in [6, 6.07) is 5.99. The fraction of sp³-hybridized carbons (Fsp3) is 0.462. The molecule has 0 fully saturated rings. The molecule has 1 N–H and O–H groups in total. The molecule has 0 saturated carbocycles. The first kappa shape index (κ1) is 14.5. The van der Waals surface area contributed by atoms with Crippen LogP contribution in [0.25, 0.3) is 0 Å². The topological polar surface area (TPSA) is 29.1 Å². The van der Waals surface area contributed by atoms with Gasteiger partial charge in [-0.25, -0.2) is 0 Å². The summed E-state index contributed by atoms with van der Waals surface area (Å²) in [5.74, 6) is -0.715. The maximum absolute atomic E-state index is 12.9. The van der Waals surface area contributed by atoms with Gasteiger partial charge in [0.2, 0.25) is 0 Å². The molecule has 0 radical (unpaired) electrons. The minimum atomic E-state index is -4.47. The van der Waals surface area contributed by atoms with Crippen LogP contribution < -0.4 is 5.32 Å². The molecule has 18 heavy (non-hydrogen) atoms. The summed E-state index contributed by atoms with van der Waals surface area (Å²) < 4.78 is 38.6. The van der Waals surface area contributed by atoms with Crippen LogP contribution in [-0.4, -0.2) is 18.1 Å². The first-order valence-corrected chi connectivity index (χ1v) is 5.55. The van der Waals surface area contributed by atoms with Gasteiger partial charge in [-0.2, -0.15) is 13.2 Å². The van der Waals surface area contributed by atoms with Gasteiger partial charge in [-0.1, -0.05) is 39.0 Å². The zero-order chi connectivity index (χ0) is 14.0. The molecule has 0 aliphatic carbocycles. The fourth-order valence-corrected chi connectivity index (χ4v) is 1.59. The van der Waals surface area contributed by atoms with Crippen LogP contribution in [0.5, 0.6) is 0 Å². The van der Waals surface area contributed by atoms with Gasteiger partial charge in [-0.05, 0) is 17.5 Å². The summed E-state index contributed by atoms with van der Waals surface area (Å²) in [5, 5.41) is 2.05. The lowest BCUT2D eigenvalue weighted by Crippen LogP contribution is -2.53. The Morgan fingerprint density at radius 2 is 1.61 bits per heavy atom. The van der Waals surface area contributed by atoms with E-state index in [0.717, 1.165) is 0 Å². The number of rotatable bonds is 2. The van der Waals surface area contributed by atoms with Crippen LogP contribution in [0.3, 0.4) is 0 Å². The number of alkyl halides is 3. The third-order valence-corrected chi connectivity index (χ3v) is 2.50. The van der Waals surface area contributed by atoms with E-state index in [4.69, 9.17) is 0 Å². The third kappa shape index (κ3) is 3.75. The molecule has 5 heteroatoms. The van der Waals surface area contributed by atoms with Crippen molar-refractivity contribution in [2.75, 3.05) is 0 Å². The smallest absolute Gasteiger partial charge is 0.340 e. The number of hydrogen-bond donors (Lipinski definition) is 1. The minimum Gasteiger partial charge on any atom is -0.340 e. The highest BCUT2D eigenvalue weighted by Gasteiger charge is 2.47. The Balaban J connectivity index is 2.90. The van der Waals surface area contributed by atoms with E-state index >= 15 is 0 Å². The van der Waals surface area contributed by atoms with Gasteiger partial charge in [0.1, 0.15) is 6.04 Å². The van der Waals surface area contributed by atoms with Crippen molar-refractivity contribution in [1.29, 1.82) is 0 Å². The number of nitrogens with one attached hydrogen (secondary N) is 1. The van der Waals surface area contributed by atoms with Crippen LogP contribution in [0.4, 0.5) is 13.2 Å². The molecule has 1 aromatic rings. The summed E-state index contributed by atoms with van der Waals surface area (Å²) in [4.78, 5) is 11.7. The molecule has 0 unspecified atom stereocenters. The lowest BCUT2D eigenvalue weighted by Gasteiger charge is -2.33. The van der Waals surface area contributed by atoms with Gasteiger partial charge in [-0.3, -0.25) is 4.79 Å². The molecule has 2 nitrogen and oxygen atoms in total. The average Bonchev–Trinajstić information content (AvgIpc) is 2.23. The second-order valence-electron chi connectivity index (χ2n) is 5.18. The normalized spacial score (nSPS) is 14.1. The predicted octanol–water partition coefficient (Wildman–Crippen LogP) is 3.39. The van der Waals surface area contributed by atoms with Crippen molar-refractivity contribution < 1.29 is 18.0 Å². The molecule has 0 aliphatic heterocycles. The second kappa shape index (κ2) is 5.00. The summed E-state index contributed by atoms with van der Waals surface area (Å²) in [6.07, 6.45) is -4.47. The van der Waals surface area contributed by atoms with Crippen LogP contribution in [0, 0.1) is 5.41 Å². The Morgan fingerprint density at radius 3 is 2.00 bits per heavy atom. The first-order chi connectivity index (χ1) is 8.12. The van der Waals surface area contributed by atoms with Gasteiger partial charge in [0, 0.05) is 5.56 Å². The van der Waals surface area contributed by atoms with Gasteiger partial charge in [0.15, 0.2) is 0 Å². The molecule has 0 heterocycles. The maximum atomic E-state index is 12.9. The Labute approximate surface area is 104 Å². The summed E-state index contributed by atoms with van der Waals surface area (Å²) in [6.45, 7) is 4.32. The largest absolute Gasteiger partial charge is 0.409 e. The molecule has 0 saturated heterocycles. The van der Waals surface area contributed by atoms with E-state index in [1.165, 1.54) is 32.9 Å². The zero-order valence-corrected chi connectivity index (χ0v) is 10.5. The van der Waals surface area contributed by atoms with Crippen LogP contribution in [0.15, 0.2) is 30.3 Å². The van der Waals surface area contributed by atoms with Gasteiger partial charge in [0.25, 0.3) is 5.91 Å². The van der Waals surface area contributed by atoms with E-state index in [-0.39, 0.29) is 5.56 Å². The molecule has 0 bridgehead atoms. The van der Waals surface area contributed by atoms with Crippen LogP contribution in [0.2, 0.25) is 0 Å². The Hall–Kier alpha value is -1.52. The average molecular weight is 259 g/mol. The predicted molar refractivity (Wildman–Crippen MR) is 63.2 cm³/mol. The molecular weight excluding hydrogens is 243 g/mol. The Bertz CT molecular complexity index is 392. The van der Waals surface area contributed by atoms with E-state index in [0.29, 0.717) is 0 Å². The van der Waals surface area contributed by atoms with Gasteiger partial charge in [-0.15, -0.1) is 0 Å². The lowest BCUT2D eigenvalue weighted by molar-refractivity contribution is -0.174. The number of carbonyl (C=O) groups is 1. The van der Waals surface area contributed by atoms with E-state index < -0.39 is 23.5 Å². The number of amides is 1. The second-order valence-corrected chi connectivity index (χ2v) is 5.18. The number of benzene rings is 1. The van der Waals surface area contributed by atoms with Crippen molar-refractivity contribution in [3.63, 3.8) is 0 Å². The number of hydrogen-bond acceptors (Lipinski definition) is 1. The molecule has 1 rings (SSSR count). The molecule has 1 amide bonds. The Morgan fingerprint density at radius 1 is 1.11 bits per heavy atom.